The molecule has 0 spiro atoms. The Kier molecular flexibility index (Phi) is 10.9. The van der Waals surface area contributed by atoms with Crippen molar-refractivity contribution in [3.05, 3.63) is 41.4 Å². The second-order valence-corrected chi connectivity index (χ2v) is 7.68. The van der Waals surface area contributed by atoms with Crippen LogP contribution in [0.25, 0.3) is 0 Å². The molecule has 2 aromatic rings. The van der Waals surface area contributed by atoms with Crippen LogP contribution < -0.4 is 10.6 Å². The number of rotatable bonds is 14. The number of hydrogen-bond acceptors (Lipinski definition) is 5. The summed E-state index contributed by atoms with van der Waals surface area (Å²) in [5, 5.41) is 13.8. The summed E-state index contributed by atoms with van der Waals surface area (Å²) < 4.78 is 0. The normalized spacial score (nSPS) is 10.6. The van der Waals surface area contributed by atoms with Crippen molar-refractivity contribution in [1.29, 1.82) is 0 Å². The number of anilines is 1. The minimum Gasteiger partial charge on any atom is -0.352 e. The third kappa shape index (κ3) is 9.60. The van der Waals surface area contributed by atoms with Crippen LogP contribution in [0.15, 0.2) is 35.8 Å². The molecule has 1 aromatic carbocycles. The van der Waals surface area contributed by atoms with Crippen molar-refractivity contribution >= 4 is 28.3 Å². The Morgan fingerprint density at radius 1 is 0.857 bits per heavy atom. The molecule has 7 heteroatoms. The van der Waals surface area contributed by atoms with Gasteiger partial charge in [0.25, 0.3) is 5.91 Å². The summed E-state index contributed by atoms with van der Waals surface area (Å²) in [5.74, 6) is 0.0358. The second-order valence-electron chi connectivity index (χ2n) is 6.85. The van der Waals surface area contributed by atoms with E-state index in [9.17, 15) is 9.59 Å². The number of unbranched alkanes of at least 4 members (excludes halogenated alkanes) is 8. The summed E-state index contributed by atoms with van der Waals surface area (Å²) in [4.78, 5) is 23.6. The van der Waals surface area contributed by atoms with Gasteiger partial charge < -0.3 is 10.6 Å². The Hall–Kier alpha value is -2.28. The van der Waals surface area contributed by atoms with Crippen molar-refractivity contribution in [3.8, 4) is 0 Å². The Bertz CT molecular complexity index is 677. The molecule has 2 N–H and O–H groups in total. The Morgan fingerprint density at radius 3 is 2.14 bits per heavy atom. The first-order chi connectivity index (χ1) is 13.8. The molecule has 0 atom stereocenters. The van der Waals surface area contributed by atoms with Crippen LogP contribution in [0.5, 0.6) is 0 Å². The predicted molar refractivity (Wildman–Crippen MR) is 113 cm³/mol. The molecule has 6 nitrogen and oxygen atoms in total. The summed E-state index contributed by atoms with van der Waals surface area (Å²) >= 11 is 1.34. The average Bonchev–Trinajstić information content (AvgIpc) is 3.22. The second kappa shape index (κ2) is 13.8. The topological polar surface area (TPSA) is 84.0 Å². The SMILES string of the molecule is O=C(CCCCCCCCCCCNC(=O)c1ccccc1)Nc1nncs1. The number of nitrogens with one attached hydrogen (secondary N) is 2. The van der Waals surface area contributed by atoms with Gasteiger partial charge in [0, 0.05) is 18.5 Å². The van der Waals surface area contributed by atoms with Gasteiger partial charge >= 0.3 is 0 Å². The number of carbonyl (C=O) groups is 2. The highest BCUT2D eigenvalue weighted by Gasteiger charge is 2.04. The number of carbonyl (C=O) groups excluding carboxylic acids is 2. The van der Waals surface area contributed by atoms with Gasteiger partial charge in [-0.05, 0) is 25.0 Å². The lowest BCUT2D eigenvalue weighted by atomic mass is 10.1. The van der Waals surface area contributed by atoms with E-state index < -0.39 is 0 Å². The maximum atomic E-state index is 11.9. The molecule has 0 bridgehead atoms. The van der Waals surface area contributed by atoms with E-state index >= 15 is 0 Å². The number of aromatic nitrogens is 2. The maximum absolute atomic E-state index is 11.9. The van der Waals surface area contributed by atoms with Crippen molar-refractivity contribution < 1.29 is 9.59 Å². The summed E-state index contributed by atoms with van der Waals surface area (Å²) in [7, 11) is 0. The molecule has 0 aliphatic heterocycles. The smallest absolute Gasteiger partial charge is 0.251 e. The van der Waals surface area contributed by atoms with E-state index in [2.05, 4.69) is 20.8 Å². The van der Waals surface area contributed by atoms with E-state index in [1.54, 1.807) is 5.51 Å². The third-order valence-corrected chi connectivity index (χ3v) is 5.12. The van der Waals surface area contributed by atoms with Crippen molar-refractivity contribution in [1.82, 2.24) is 15.5 Å². The molecule has 2 rings (SSSR count). The lowest BCUT2D eigenvalue weighted by molar-refractivity contribution is -0.116. The van der Waals surface area contributed by atoms with Crippen LogP contribution in [-0.4, -0.2) is 28.6 Å². The molecular weight excluding hydrogens is 372 g/mol. The maximum Gasteiger partial charge on any atom is 0.251 e. The van der Waals surface area contributed by atoms with E-state index in [0.29, 0.717) is 11.6 Å². The minimum atomic E-state index is 0.0117. The number of amides is 2. The van der Waals surface area contributed by atoms with Crippen LogP contribution in [0.3, 0.4) is 0 Å². The van der Waals surface area contributed by atoms with Gasteiger partial charge in [0.1, 0.15) is 5.51 Å². The highest BCUT2D eigenvalue weighted by atomic mass is 32.1. The first-order valence-electron chi connectivity index (χ1n) is 10.1. The Morgan fingerprint density at radius 2 is 1.50 bits per heavy atom. The van der Waals surface area contributed by atoms with Gasteiger partial charge in [0.05, 0.1) is 0 Å². The first kappa shape index (κ1) is 22.0. The fourth-order valence-electron chi connectivity index (χ4n) is 2.95. The fraction of sp³-hybridized carbons (Fsp3) is 0.524. The molecule has 28 heavy (non-hydrogen) atoms. The van der Waals surface area contributed by atoms with Crippen molar-refractivity contribution in [2.45, 2.75) is 64.2 Å². The average molecular weight is 403 g/mol. The lowest BCUT2D eigenvalue weighted by Crippen LogP contribution is -2.24. The molecule has 0 unspecified atom stereocenters. The van der Waals surface area contributed by atoms with Gasteiger partial charge in [-0.15, -0.1) is 10.2 Å². The molecule has 0 aliphatic rings. The molecule has 1 heterocycles. The molecular formula is C21H30N4O2S. The monoisotopic (exact) mass is 402 g/mol. The van der Waals surface area contributed by atoms with E-state index in [4.69, 9.17) is 0 Å². The first-order valence-corrected chi connectivity index (χ1v) is 11.0. The minimum absolute atomic E-state index is 0.0117. The zero-order chi connectivity index (χ0) is 19.9. The largest absolute Gasteiger partial charge is 0.352 e. The lowest BCUT2D eigenvalue weighted by Gasteiger charge is -2.05. The quantitative estimate of drug-likeness (QED) is 0.444. The molecule has 0 aliphatic carbocycles. The van der Waals surface area contributed by atoms with E-state index in [1.807, 2.05) is 30.3 Å². The van der Waals surface area contributed by atoms with E-state index in [0.717, 1.165) is 37.8 Å². The summed E-state index contributed by atoms with van der Waals surface area (Å²) in [6, 6.07) is 9.34. The number of benzene rings is 1. The standard InChI is InChI=1S/C21H30N4O2S/c26-19(24-21-25-23-17-28-21)15-11-6-4-2-1-3-5-7-12-16-22-20(27)18-13-9-8-10-14-18/h8-10,13-14,17H,1-7,11-12,15-16H2,(H,22,27)(H,24,25,26). The molecule has 0 radical (unpaired) electrons. The van der Waals surface area contributed by atoms with Crippen LogP contribution in [-0.2, 0) is 4.79 Å². The number of nitrogens with zero attached hydrogens (tertiary/aromatic N) is 2. The summed E-state index contributed by atoms with van der Waals surface area (Å²) in [6.45, 7) is 0.743. The molecule has 0 fully saturated rings. The third-order valence-electron chi connectivity index (χ3n) is 4.51. The van der Waals surface area contributed by atoms with Crippen LogP contribution in [0.2, 0.25) is 0 Å². The van der Waals surface area contributed by atoms with Gasteiger partial charge in [-0.1, -0.05) is 74.5 Å². The molecule has 0 saturated carbocycles. The molecule has 2 amide bonds. The van der Waals surface area contributed by atoms with Crippen molar-refractivity contribution in [3.63, 3.8) is 0 Å². The van der Waals surface area contributed by atoms with E-state index in [-0.39, 0.29) is 11.8 Å². The summed E-state index contributed by atoms with van der Waals surface area (Å²) in [6.07, 6.45) is 10.9. The fourth-order valence-corrected chi connectivity index (χ4v) is 3.41. The molecule has 1 aromatic heterocycles. The van der Waals surface area contributed by atoms with Crippen LogP contribution in [0, 0.1) is 0 Å². The van der Waals surface area contributed by atoms with Crippen LogP contribution in [0.4, 0.5) is 5.13 Å². The van der Waals surface area contributed by atoms with E-state index in [1.165, 1.54) is 43.4 Å². The Labute approximate surface area is 171 Å². The highest BCUT2D eigenvalue weighted by Crippen LogP contribution is 2.12. The van der Waals surface area contributed by atoms with Gasteiger partial charge in [-0.3, -0.25) is 9.59 Å². The highest BCUT2D eigenvalue weighted by molar-refractivity contribution is 7.13. The van der Waals surface area contributed by atoms with Gasteiger partial charge in [-0.25, -0.2) is 0 Å². The summed E-state index contributed by atoms with van der Waals surface area (Å²) in [5.41, 5.74) is 2.33. The van der Waals surface area contributed by atoms with Crippen LogP contribution in [0.1, 0.15) is 74.6 Å². The zero-order valence-corrected chi connectivity index (χ0v) is 17.2. The Balaban J connectivity index is 1.33. The van der Waals surface area contributed by atoms with Crippen LogP contribution >= 0.6 is 11.3 Å². The predicted octanol–water partition coefficient (Wildman–Crippen LogP) is 4.81. The van der Waals surface area contributed by atoms with Crippen molar-refractivity contribution in [2.24, 2.45) is 0 Å². The van der Waals surface area contributed by atoms with Crippen molar-refractivity contribution in [2.75, 3.05) is 11.9 Å². The zero-order valence-electron chi connectivity index (χ0n) is 16.4. The van der Waals surface area contributed by atoms with Gasteiger partial charge in [0.2, 0.25) is 11.0 Å². The molecule has 0 saturated heterocycles. The molecule has 152 valence electrons. The van der Waals surface area contributed by atoms with Gasteiger partial charge in [0.15, 0.2) is 0 Å². The van der Waals surface area contributed by atoms with Gasteiger partial charge in [-0.2, -0.15) is 0 Å². The number of hydrogen-bond donors (Lipinski definition) is 2.